The summed E-state index contributed by atoms with van der Waals surface area (Å²) in [5.74, 6) is -1.26. The minimum atomic E-state index is -1.02. The number of nitrogens with one attached hydrogen (secondary N) is 1. The second-order valence-corrected chi connectivity index (χ2v) is 5.84. The van der Waals surface area contributed by atoms with Gasteiger partial charge in [0.1, 0.15) is 0 Å². The zero-order chi connectivity index (χ0) is 15.4. The van der Waals surface area contributed by atoms with Crippen molar-refractivity contribution < 1.29 is 14.7 Å². The van der Waals surface area contributed by atoms with Crippen molar-refractivity contribution in [2.24, 2.45) is 0 Å². The summed E-state index contributed by atoms with van der Waals surface area (Å²) in [4.78, 5) is 23.8. The van der Waals surface area contributed by atoms with Crippen LogP contribution in [-0.2, 0) is 4.79 Å². The minimum Gasteiger partial charge on any atom is -0.478 e. The lowest BCUT2D eigenvalue weighted by Crippen LogP contribution is -2.10. The van der Waals surface area contributed by atoms with Crippen LogP contribution in [0, 0.1) is 6.92 Å². The molecule has 2 aromatic rings. The molecule has 0 radical (unpaired) electrons. The van der Waals surface area contributed by atoms with E-state index in [2.05, 4.69) is 5.32 Å². The Labute approximate surface area is 130 Å². The van der Waals surface area contributed by atoms with E-state index in [-0.39, 0.29) is 5.91 Å². The van der Waals surface area contributed by atoms with Crippen LogP contribution in [0.1, 0.15) is 20.1 Å². The Morgan fingerprint density at radius 1 is 1.29 bits per heavy atom. The summed E-state index contributed by atoms with van der Waals surface area (Å²) in [7, 11) is 0. The molecule has 21 heavy (non-hydrogen) atoms. The Morgan fingerprint density at radius 2 is 2.05 bits per heavy atom. The van der Waals surface area contributed by atoms with E-state index in [9.17, 15) is 9.59 Å². The SMILES string of the molecule is Cc1cc(Cl)ccc1NC(=O)c1ccc(C=CC(=O)O)s1. The molecule has 108 valence electrons. The summed E-state index contributed by atoms with van der Waals surface area (Å²) >= 11 is 7.09. The van der Waals surface area contributed by atoms with Gasteiger partial charge in [0, 0.05) is 21.7 Å². The quantitative estimate of drug-likeness (QED) is 0.834. The van der Waals surface area contributed by atoms with Crippen molar-refractivity contribution in [2.75, 3.05) is 5.32 Å². The van der Waals surface area contributed by atoms with Crippen LogP contribution in [-0.4, -0.2) is 17.0 Å². The number of benzene rings is 1. The van der Waals surface area contributed by atoms with Gasteiger partial charge < -0.3 is 10.4 Å². The van der Waals surface area contributed by atoms with E-state index in [1.54, 1.807) is 30.3 Å². The fourth-order valence-electron chi connectivity index (χ4n) is 1.67. The molecule has 0 aliphatic heterocycles. The smallest absolute Gasteiger partial charge is 0.328 e. The van der Waals surface area contributed by atoms with Gasteiger partial charge in [-0.3, -0.25) is 4.79 Å². The normalized spacial score (nSPS) is 10.8. The molecule has 0 unspecified atom stereocenters. The molecule has 0 saturated carbocycles. The van der Waals surface area contributed by atoms with Gasteiger partial charge in [-0.15, -0.1) is 11.3 Å². The highest BCUT2D eigenvalue weighted by Gasteiger charge is 2.10. The van der Waals surface area contributed by atoms with Gasteiger partial charge in [-0.05, 0) is 48.9 Å². The number of carbonyl (C=O) groups is 2. The Hall–Kier alpha value is -2.11. The first-order chi connectivity index (χ1) is 9.95. The van der Waals surface area contributed by atoms with E-state index in [4.69, 9.17) is 16.7 Å². The van der Waals surface area contributed by atoms with Gasteiger partial charge in [-0.25, -0.2) is 4.79 Å². The molecule has 0 bridgehead atoms. The van der Waals surface area contributed by atoms with Crippen LogP contribution < -0.4 is 5.32 Å². The van der Waals surface area contributed by atoms with Gasteiger partial charge in [0.25, 0.3) is 5.91 Å². The minimum absolute atomic E-state index is 0.236. The molecular formula is C15H12ClNO3S. The first-order valence-electron chi connectivity index (χ1n) is 6.04. The summed E-state index contributed by atoms with van der Waals surface area (Å²) in [5.41, 5.74) is 1.57. The van der Waals surface area contributed by atoms with Gasteiger partial charge in [-0.2, -0.15) is 0 Å². The molecule has 0 saturated heterocycles. The summed E-state index contributed by atoms with van der Waals surface area (Å²) in [5, 5.41) is 12.0. The molecule has 0 fully saturated rings. The summed E-state index contributed by atoms with van der Waals surface area (Å²) < 4.78 is 0. The van der Waals surface area contributed by atoms with Crippen LogP contribution in [0.4, 0.5) is 5.69 Å². The van der Waals surface area contributed by atoms with E-state index in [0.29, 0.717) is 20.5 Å². The average molecular weight is 322 g/mol. The van der Waals surface area contributed by atoms with Gasteiger partial charge in [-0.1, -0.05) is 11.6 Å². The van der Waals surface area contributed by atoms with Crippen LogP contribution in [0.2, 0.25) is 5.02 Å². The van der Waals surface area contributed by atoms with Crippen LogP contribution in [0.3, 0.4) is 0 Å². The molecule has 0 aliphatic carbocycles. The highest BCUT2D eigenvalue weighted by Crippen LogP contribution is 2.23. The topological polar surface area (TPSA) is 66.4 Å². The van der Waals surface area contributed by atoms with Crippen molar-refractivity contribution in [3.05, 3.63) is 56.7 Å². The number of anilines is 1. The molecule has 4 nitrogen and oxygen atoms in total. The molecule has 1 aromatic carbocycles. The van der Waals surface area contributed by atoms with Crippen molar-refractivity contribution in [2.45, 2.75) is 6.92 Å². The van der Waals surface area contributed by atoms with Crippen LogP contribution in [0.5, 0.6) is 0 Å². The Kier molecular flexibility index (Phi) is 4.77. The molecule has 1 aromatic heterocycles. The average Bonchev–Trinajstić information content (AvgIpc) is 2.88. The number of hydrogen-bond acceptors (Lipinski definition) is 3. The Morgan fingerprint density at radius 3 is 2.71 bits per heavy atom. The molecular weight excluding hydrogens is 310 g/mol. The zero-order valence-corrected chi connectivity index (χ0v) is 12.7. The number of amides is 1. The molecule has 0 aliphatic rings. The van der Waals surface area contributed by atoms with E-state index in [0.717, 1.165) is 11.6 Å². The molecule has 0 atom stereocenters. The van der Waals surface area contributed by atoms with Crippen molar-refractivity contribution in [1.29, 1.82) is 0 Å². The van der Waals surface area contributed by atoms with E-state index in [1.165, 1.54) is 17.4 Å². The van der Waals surface area contributed by atoms with Crippen LogP contribution >= 0.6 is 22.9 Å². The number of hydrogen-bond donors (Lipinski definition) is 2. The molecule has 2 N–H and O–H groups in total. The second kappa shape index (κ2) is 6.56. The first-order valence-corrected chi connectivity index (χ1v) is 7.23. The molecule has 1 heterocycles. The van der Waals surface area contributed by atoms with Crippen molar-refractivity contribution in [3.63, 3.8) is 0 Å². The number of thiophene rings is 1. The number of aryl methyl sites for hydroxylation is 1. The lowest BCUT2D eigenvalue weighted by Gasteiger charge is -2.07. The van der Waals surface area contributed by atoms with E-state index < -0.39 is 5.97 Å². The second-order valence-electron chi connectivity index (χ2n) is 4.29. The van der Waals surface area contributed by atoms with Crippen molar-refractivity contribution in [3.8, 4) is 0 Å². The Balaban J connectivity index is 2.12. The maximum atomic E-state index is 12.1. The fourth-order valence-corrected chi connectivity index (χ4v) is 2.70. The first kappa shape index (κ1) is 15.3. The third kappa shape index (κ3) is 4.18. The maximum absolute atomic E-state index is 12.1. The van der Waals surface area contributed by atoms with Crippen LogP contribution in [0.15, 0.2) is 36.4 Å². The number of aliphatic carboxylic acids is 1. The largest absolute Gasteiger partial charge is 0.478 e. The lowest BCUT2D eigenvalue weighted by molar-refractivity contribution is -0.131. The highest BCUT2D eigenvalue weighted by atomic mass is 35.5. The van der Waals surface area contributed by atoms with Crippen molar-refractivity contribution >= 4 is 46.6 Å². The van der Waals surface area contributed by atoms with Crippen molar-refractivity contribution in [1.82, 2.24) is 0 Å². The lowest BCUT2D eigenvalue weighted by atomic mass is 10.2. The van der Waals surface area contributed by atoms with Crippen LogP contribution in [0.25, 0.3) is 6.08 Å². The number of carboxylic acid groups (broad SMARTS) is 1. The molecule has 2 rings (SSSR count). The molecule has 1 amide bonds. The standard InChI is InChI=1S/C15H12ClNO3S/c1-9-8-10(16)2-5-12(9)17-15(20)13-6-3-11(21-13)4-7-14(18)19/h2-8H,1H3,(H,17,20)(H,18,19). The molecule has 0 spiro atoms. The number of rotatable bonds is 4. The van der Waals surface area contributed by atoms with Gasteiger partial charge in [0.2, 0.25) is 0 Å². The highest BCUT2D eigenvalue weighted by molar-refractivity contribution is 7.15. The van der Waals surface area contributed by atoms with E-state index in [1.807, 2.05) is 6.92 Å². The Bertz CT molecular complexity index is 721. The number of halogens is 1. The third-order valence-electron chi connectivity index (χ3n) is 2.68. The predicted octanol–water partition coefficient (Wildman–Crippen LogP) is 4.06. The predicted molar refractivity (Wildman–Crippen MR) is 85.1 cm³/mol. The van der Waals surface area contributed by atoms with Gasteiger partial charge >= 0.3 is 5.97 Å². The zero-order valence-electron chi connectivity index (χ0n) is 11.1. The monoisotopic (exact) mass is 321 g/mol. The molecule has 6 heteroatoms. The van der Waals surface area contributed by atoms with Gasteiger partial charge in [0.05, 0.1) is 4.88 Å². The maximum Gasteiger partial charge on any atom is 0.328 e. The number of carbonyl (C=O) groups excluding carboxylic acids is 1. The summed E-state index contributed by atoms with van der Waals surface area (Å²) in [6.45, 7) is 1.86. The summed E-state index contributed by atoms with van der Waals surface area (Å²) in [6.07, 6.45) is 2.49. The van der Waals surface area contributed by atoms with E-state index >= 15 is 0 Å². The fraction of sp³-hybridized carbons (Fsp3) is 0.0667. The summed E-state index contributed by atoms with van der Waals surface area (Å²) in [6, 6.07) is 8.58. The number of carboxylic acids is 1. The van der Waals surface area contributed by atoms with Gasteiger partial charge in [0.15, 0.2) is 0 Å². The third-order valence-corrected chi connectivity index (χ3v) is 3.96.